The quantitative estimate of drug-likeness (QED) is 0.697. The van der Waals surface area contributed by atoms with Crippen molar-refractivity contribution < 1.29 is 18.0 Å². The van der Waals surface area contributed by atoms with E-state index in [4.69, 9.17) is 5.26 Å². The molecular weight excluding hydrogens is 307 g/mol. The van der Waals surface area contributed by atoms with Crippen LogP contribution in [-0.4, -0.2) is 12.1 Å². The molecule has 0 saturated carbocycles. The van der Waals surface area contributed by atoms with E-state index in [0.717, 1.165) is 18.2 Å². The number of halogens is 3. The van der Waals surface area contributed by atoms with Crippen molar-refractivity contribution in [2.24, 2.45) is 5.10 Å². The SMILES string of the molecule is N#Cc1ccc(/C=N\NC(=O)c2cccc(C(F)(F)F)c2)cc1. The minimum atomic E-state index is -4.51. The number of hydrazone groups is 1. The van der Waals surface area contributed by atoms with E-state index in [1.54, 1.807) is 24.3 Å². The number of alkyl halides is 3. The van der Waals surface area contributed by atoms with Gasteiger partial charge in [-0.2, -0.15) is 23.5 Å². The summed E-state index contributed by atoms with van der Waals surface area (Å²) in [4.78, 5) is 11.8. The zero-order valence-electron chi connectivity index (χ0n) is 11.6. The van der Waals surface area contributed by atoms with Gasteiger partial charge in [-0.25, -0.2) is 5.43 Å². The molecule has 2 aromatic rings. The molecule has 0 saturated heterocycles. The molecule has 0 fully saturated rings. The van der Waals surface area contributed by atoms with E-state index in [-0.39, 0.29) is 5.56 Å². The number of nitrogens with one attached hydrogen (secondary N) is 1. The van der Waals surface area contributed by atoms with Crippen LogP contribution in [0, 0.1) is 11.3 Å². The number of amides is 1. The zero-order chi connectivity index (χ0) is 16.9. The smallest absolute Gasteiger partial charge is 0.267 e. The van der Waals surface area contributed by atoms with Crippen LogP contribution < -0.4 is 5.43 Å². The maximum atomic E-state index is 12.6. The van der Waals surface area contributed by atoms with E-state index < -0.39 is 17.6 Å². The predicted octanol–water partition coefficient (Wildman–Crippen LogP) is 3.34. The van der Waals surface area contributed by atoms with Crippen LogP contribution in [0.5, 0.6) is 0 Å². The van der Waals surface area contributed by atoms with Crippen LogP contribution in [0.1, 0.15) is 27.0 Å². The first-order valence-electron chi connectivity index (χ1n) is 6.41. The Balaban J connectivity index is 2.04. The van der Waals surface area contributed by atoms with Crippen molar-refractivity contribution in [2.75, 3.05) is 0 Å². The molecule has 1 N–H and O–H groups in total. The Labute approximate surface area is 129 Å². The van der Waals surface area contributed by atoms with Crippen molar-refractivity contribution in [1.82, 2.24) is 5.43 Å². The average molecular weight is 317 g/mol. The number of hydrogen-bond donors (Lipinski definition) is 1. The van der Waals surface area contributed by atoms with Crippen LogP contribution in [0.2, 0.25) is 0 Å². The first-order chi connectivity index (χ1) is 10.9. The third-order valence-electron chi connectivity index (χ3n) is 2.87. The molecule has 0 unspecified atom stereocenters. The molecule has 2 rings (SSSR count). The van der Waals surface area contributed by atoms with E-state index in [1.807, 2.05) is 6.07 Å². The van der Waals surface area contributed by atoms with E-state index in [1.165, 1.54) is 12.3 Å². The largest absolute Gasteiger partial charge is 0.416 e. The number of rotatable bonds is 3. The number of benzene rings is 2. The maximum absolute atomic E-state index is 12.6. The van der Waals surface area contributed by atoms with Gasteiger partial charge >= 0.3 is 6.18 Å². The van der Waals surface area contributed by atoms with Crippen molar-refractivity contribution in [3.05, 3.63) is 70.8 Å². The lowest BCUT2D eigenvalue weighted by molar-refractivity contribution is -0.137. The van der Waals surface area contributed by atoms with Gasteiger partial charge in [0.15, 0.2) is 0 Å². The fraction of sp³-hybridized carbons (Fsp3) is 0.0625. The third kappa shape index (κ3) is 4.41. The second-order valence-electron chi connectivity index (χ2n) is 4.51. The Morgan fingerprint density at radius 1 is 1.17 bits per heavy atom. The molecule has 0 aliphatic heterocycles. The molecule has 0 aromatic heterocycles. The molecule has 23 heavy (non-hydrogen) atoms. The first-order valence-corrected chi connectivity index (χ1v) is 6.41. The van der Waals surface area contributed by atoms with Gasteiger partial charge in [-0.1, -0.05) is 18.2 Å². The lowest BCUT2D eigenvalue weighted by atomic mass is 10.1. The van der Waals surface area contributed by atoms with Gasteiger partial charge in [-0.15, -0.1) is 0 Å². The fourth-order valence-electron chi connectivity index (χ4n) is 1.71. The Kier molecular flexibility index (Phi) is 4.76. The molecule has 0 bridgehead atoms. The Morgan fingerprint density at radius 3 is 2.48 bits per heavy atom. The number of nitriles is 1. The second kappa shape index (κ2) is 6.75. The van der Waals surface area contributed by atoms with Gasteiger partial charge in [0.05, 0.1) is 23.4 Å². The Bertz CT molecular complexity index is 774. The highest BCUT2D eigenvalue weighted by Gasteiger charge is 2.30. The van der Waals surface area contributed by atoms with Gasteiger partial charge in [0.1, 0.15) is 0 Å². The first kappa shape index (κ1) is 16.2. The van der Waals surface area contributed by atoms with Crippen LogP contribution in [0.3, 0.4) is 0 Å². The number of hydrogen-bond acceptors (Lipinski definition) is 3. The molecule has 0 spiro atoms. The van der Waals surface area contributed by atoms with Gasteiger partial charge in [-0.3, -0.25) is 4.79 Å². The van der Waals surface area contributed by atoms with E-state index >= 15 is 0 Å². The van der Waals surface area contributed by atoms with Gasteiger partial charge in [0.2, 0.25) is 0 Å². The van der Waals surface area contributed by atoms with E-state index in [2.05, 4.69) is 10.5 Å². The summed E-state index contributed by atoms with van der Waals surface area (Å²) in [5.41, 5.74) is 2.22. The molecule has 0 heterocycles. The number of carbonyl (C=O) groups excluding carboxylic acids is 1. The van der Waals surface area contributed by atoms with Crippen molar-refractivity contribution in [3.63, 3.8) is 0 Å². The highest BCUT2D eigenvalue weighted by atomic mass is 19.4. The Morgan fingerprint density at radius 2 is 1.87 bits per heavy atom. The van der Waals surface area contributed by atoms with Gasteiger partial charge in [0, 0.05) is 5.56 Å². The number of carbonyl (C=O) groups is 1. The second-order valence-corrected chi connectivity index (χ2v) is 4.51. The fourth-order valence-corrected chi connectivity index (χ4v) is 1.71. The average Bonchev–Trinajstić information content (AvgIpc) is 2.54. The molecule has 4 nitrogen and oxygen atoms in total. The Hall–Kier alpha value is -3.14. The van der Waals surface area contributed by atoms with Crippen LogP contribution in [0.15, 0.2) is 53.6 Å². The van der Waals surface area contributed by atoms with Gasteiger partial charge in [0.25, 0.3) is 5.91 Å². The molecular formula is C16H10F3N3O. The summed E-state index contributed by atoms with van der Waals surface area (Å²) in [5, 5.41) is 12.3. The van der Waals surface area contributed by atoms with Gasteiger partial charge in [-0.05, 0) is 35.9 Å². The van der Waals surface area contributed by atoms with Crippen LogP contribution in [0.25, 0.3) is 0 Å². The summed E-state index contributed by atoms with van der Waals surface area (Å²) in [6.07, 6.45) is -3.19. The monoisotopic (exact) mass is 317 g/mol. The van der Waals surface area contributed by atoms with Crippen LogP contribution in [0.4, 0.5) is 13.2 Å². The third-order valence-corrected chi connectivity index (χ3v) is 2.87. The van der Waals surface area contributed by atoms with Crippen LogP contribution in [-0.2, 0) is 6.18 Å². The molecule has 2 aromatic carbocycles. The zero-order valence-corrected chi connectivity index (χ0v) is 11.6. The summed E-state index contributed by atoms with van der Waals surface area (Å²) in [7, 11) is 0. The summed E-state index contributed by atoms with van der Waals surface area (Å²) in [5.74, 6) is -0.749. The van der Waals surface area contributed by atoms with Crippen LogP contribution >= 0.6 is 0 Å². The minimum absolute atomic E-state index is 0.142. The highest BCUT2D eigenvalue weighted by molar-refractivity contribution is 5.95. The lowest BCUT2D eigenvalue weighted by Crippen LogP contribution is -2.18. The lowest BCUT2D eigenvalue weighted by Gasteiger charge is -2.07. The van der Waals surface area contributed by atoms with Gasteiger partial charge < -0.3 is 0 Å². The van der Waals surface area contributed by atoms with Crippen molar-refractivity contribution in [1.29, 1.82) is 5.26 Å². The summed E-state index contributed by atoms with van der Waals surface area (Å²) < 4.78 is 37.7. The summed E-state index contributed by atoms with van der Waals surface area (Å²) in [6.45, 7) is 0. The topological polar surface area (TPSA) is 65.2 Å². The van der Waals surface area contributed by atoms with Crippen molar-refractivity contribution in [3.8, 4) is 6.07 Å². The minimum Gasteiger partial charge on any atom is -0.267 e. The predicted molar refractivity (Wildman–Crippen MR) is 77.7 cm³/mol. The molecule has 0 aliphatic carbocycles. The normalized spacial score (nSPS) is 11.2. The highest BCUT2D eigenvalue weighted by Crippen LogP contribution is 2.29. The van der Waals surface area contributed by atoms with E-state index in [9.17, 15) is 18.0 Å². The maximum Gasteiger partial charge on any atom is 0.416 e. The summed E-state index contributed by atoms with van der Waals surface area (Å²) >= 11 is 0. The molecule has 116 valence electrons. The number of nitrogens with zero attached hydrogens (tertiary/aromatic N) is 2. The molecule has 0 radical (unpaired) electrons. The van der Waals surface area contributed by atoms with E-state index in [0.29, 0.717) is 11.1 Å². The molecule has 0 atom stereocenters. The molecule has 7 heteroatoms. The standard InChI is InChI=1S/C16H10F3N3O/c17-16(18,19)14-3-1-2-13(8-14)15(23)22-21-10-12-6-4-11(9-20)5-7-12/h1-8,10H,(H,22,23)/b21-10-. The van der Waals surface area contributed by atoms with Crippen molar-refractivity contribution >= 4 is 12.1 Å². The van der Waals surface area contributed by atoms with Crippen molar-refractivity contribution in [2.45, 2.75) is 6.18 Å². The molecule has 0 aliphatic rings. The summed E-state index contributed by atoms with van der Waals surface area (Å²) in [6, 6.07) is 12.4. The molecule has 1 amide bonds.